The van der Waals surface area contributed by atoms with E-state index in [1.165, 1.54) is 11.3 Å². The minimum Gasteiger partial charge on any atom is -0.482 e. The van der Waals surface area contributed by atoms with E-state index in [9.17, 15) is 9.59 Å². The highest BCUT2D eigenvalue weighted by Gasteiger charge is 2.11. The average Bonchev–Trinajstić information content (AvgIpc) is 3.14. The molecule has 0 atom stereocenters. The molecular weight excluding hydrogens is 432 g/mol. The van der Waals surface area contributed by atoms with Crippen LogP contribution in [0.5, 0.6) is 5.75 Å². The molecule has 27 heavy (non-hydrogen) atoms. The van der Waals surface area contributed by atoms with Crippen LogP contribution < -0.4 is 10.1 Å². The SMILES string of the molecule is O=C(COC(=O)COc1cccc(Br)c1)Nc1nc(-c2ccccc2)cs1. The van der Waals surface area contributed by atoms with E-state index in [0.29, 0.717) is 10.9 Å². The largest absolute Gasteiger partial charge is 0.482 e. The molecule has 3 rings (SSSR count). The van der Waals surface area contributed by atoms with Crippen molar-refractivity contribution in [1.29, 1.82) is 0 Å². The number of benzene rings is 2. The molecule has 138 valence electrons. The lowest BCUT2D eigenvalue weighted by Crippen LogP contribution is -2.23. The number of ether oxygens (including phenoxy) is 2. The number of hydrogen-bond donors (Lipinski definition) is 1. The molecule has 1 aromatic heterocycles. The number of nitrogens with zero attached hydrogens (tertiary/aromatic N) is 1. The first-order chi connectivity index (χ1) is 13.1. The van der Waals surface area contributed by atoms with Gasteiger partial charge in [0.1, 0.15) is 5.75 Å². The third-order valence-electron chi connectivity index (χ3n) is 3.34. The van der Waals surface area contributed by atoms with Crippen LogP contribution in [-0.2, 0) is 14.3 Å². The number of esters is 1. The number of aromatic nitrogens is 1. The molecule has 0 saturated carbocycles. The normalized spacial score (nSPS) is 10.3. The van der Waals surface area contributed by atoms with Gasteiger partial charge >= 0.3 is 5.97 Å². The van der Waals surface area contributed by atoms with Crippen LogP contribution in [0.25, 0.3) is 11.3 Å². The Kier molecular flexibility index (Phi) is 6.56. The van der Waals surface area contributed by atoms with Crippen molar-refractivity contribution in [3.05, 3.63) is 64.5 Å². The van der Waals surface area contributed by atoms with Crippen molar-refractivity contribution in [2.24, 2.45) is 0 Å². The van der Waals surface area contributed by atoms with Gasteiger partial charge in [0.05, 0.1) is 5.69 Å². The molecule has 0 fully saturated rings. The van der Waals surface area contributed by atoms with Gasteiger partial charge in [0.25, 0.3) is 5.91 Å². The summed E-state index contributed by atoms with van der Waals surface area (Å²) in [5, 5.41) is 4.91. The summed E-state index contributed by atoms with van der Waals surface area (Å²) in [6.45, 7) is -0.680. The lowest BCUT2D eigenvalue weighted by molar-refractivity contribution is -0.149. The van der Waals surface area contributed by atoms with Gasteiger partial charge in [-0.3, -0.25) is 10.1 Å². The molecule has 0 saturated heterocycles. The molecule has 0 bridgehead atoms. The van der Waals surface area contributed by atoms with Crippen LogP contribution in [-0.4, -0.2) is 30.1 Å². The van der Waals surface area contributed by atoms with Crippen LogP contribution in [0.1, 0.15) is 0 Å². The fraction of sp³-hybridized carbons (Fsp3) is 0.105. The number of rotatable bonds is 7. The maximum absolute atomic E-state index is 11.9. The van der Waals surface area contributed by atoms with E-state index in [1.807, 2.05) is 41.8 Å². The van der Waals surface area contributed by atoms with E-state index in [0.717, 1.165) is 15.7 Å². The average molecular weight is 447 g/mol. The van der Waals surface area contributed by atoms with Crippen molar-refractivity contribution >= 4 is 44.3 Å². The van der Waals surface area contributed by atoms with Gasteiger partial charge in [0.15, 0.2) is 18.3 Å². The number of carbonyl (C=O) groups is 2. The summed E-state index contributed by atoms with van der Waals surface area (Å²) >= 11 is 4.62. The fourth-order valence-corrected chi connectivity index (χ4v) is 3.23. The quantitative estimate of drug-likeness (QED) is 0.551. The molecule has 0 aliphatic heterocycles. The summed E-state index contributed by atoms with van der Waals surface area (Å²) in [6, 6.07) is 16.7. The maximum Gasteiger partial charge on any atom is 0.344 e. The molecule has 0 aliphatic rings. The highest BCUT2D eigenvalue weighted by molar-refractivity contribution is 9.10. The van der Waals surface area contributed by atoms with Crippen molar-refractivity contribution < 1.29 is 19.1 Å². The Bertz CT molecular complexity index is 930. The Balaban J connectivity index is 1.43. The van der Waals surface area contributed by atoms with Crippen molar-refractivity contribution in [2.75, 3.05) is 18.5 Å². The van der Waals surface area contributed by atoms with Gasteiger partial charge in [-0.05, 0) is 18.2 Å². The zero-order valence-corrected chi connectivity index (χ0v) is 16.5. The predicted octanol–water partition coefficient (Wildman–Crippen LogP) is 4.13. The summed E-state index contributed by atoms with van der Waals surface area (Å²) in [4.78, 5) is 28.0. The molecule has 3 aromatic rings. The van der Waals surface area contributed by atoms with Crippen LogP contribution in [0, 0.1) is 0 Å². The van der Waals surface area contributed by atoms with E-state index >= 15 is 0 Å². The third-order valence-corrected chi connectivity index (χ3v) is 4.59. The zero-order valence-electron chi connectivity index (χ0n) is 14.1. The van der Waals surface area contributed by atoms with Crippen LogP contribution in [0.15, 0.2) is 64.5 Å². The van der Waals surface area contributed by atoms with Gasteiger partial charge in [0.2, 0.25) is 0 Å². The molecular formula is C19H15BrN2O4S. The zero-order chi connectivity index (χ0) is 19.1. The Morgan fingerprint density at radius 1 is 1.07 bits per heavy atom. The van der Waals surface area contributed by atoms with Crippen LogP contribution in [0.4, 0.5) is 5.13 Å². The Labute approximate surface area is 168 Å². The smallest absolute Gasteiger partial charge is 0.344 e. The van der Waals surface area contributed by atoms with E-state index in [4.69, 9.17) is 9.47 Å². The highest BCUT2D eigenvalue weighted by atomic mass is 79.9. The molecule has 0 unspecified atom stereocenters. The van der Waals surface area contributed by atoms with Gasteiger partial charge in [-0.25, -0.2) is 9.78 Å². The predicted molar refractivity (Wildman–Crippen MR) is 107 cm³/mol. The van der Waals surface area contributed by atoms with Gasteiger partial charge in [-0.2, -0.15) is 0 Å². The minimum atomic E-state index is -0.630. The van der Waals surface area contributed by atoms with Gasteiger partial charge < -0.3 is 9.47 Å². The molecule has 6 nitrogen and oxygen atoms in total. The standard InChI is InChI=1S/C19H15BrN2O4S/c20-14-7-4-8-15(9-14)25-11-18(24)26-10-17(23)22-19-21-16(12-27-19)13-5-2-1-3-6-13/h1-9,12H,10-11H2,(H,21,22,23). The second kappa shape index (κ2) is 9.29. The van der Waals surface area contributed by atoms with Crippen LogP contribution >= 0.6 is 27.3 Å². The highest BCUT2D eigenvalue weighted by Crippen LogP contribution is 2.24. The fourth-order valence-electron chi connectivity index (χ4n) is 2.11. The number of thiazole rings is 1. The molecule has 1 N–H and O–H groups in total. The van der Waals surface area contributed by atoms with Crippen LogP contribution in [0.3, 0.4) is 0 Å². The molecule has 8 heteroatoms. The first-order valence-corrected chi connectivity index (χ1v) is 9.62. The summed E-state index contributed by atoms with van der Waals surface area (Å²) in [5.74, 6) is -0.559. The van der Waals surface area contributed by atoms with Crippen LogP contribution in [0.2, 0.25) is 0 Å². The molecule has 2 aromatic carbocycles. The van der Waals surface area contributed by atoms with Crippen molar-refractivity contribution in [2.45, 2.75) is 0 Å². The van der Waals surface area contributed by atoms with E-state index in [2.05, 4.69) is 26.2 Å². The van der Waals surface area contributed by atoms with Gasteiger partial charge in [-0.15, -0.1) is 11.3 Å². The van der Waals surface area contributed by atoms with Crippen molar-refractivity contribution in [3.63, 3.8) is 0 Å². The van der Waals surface area contributed by atoms with E-state index in [-0.39, 0.29) is 6.61 Å². The summed E-state index contributed by atoms with van der Waals surface area (Å²) < 4.78 is 11.1. The summed E-state index contributed by atoms with van der Waals surface area (Å²) in [6.07, 6.45) is 0. The number of hydrogen-bond acceptors (Lipinski definition) is 6. The summed E-state index contributed by atoms with van der Waals surface area (Å²) in [7, 11) is 0. The second-order valence-corrected chi connectivity index (χ2v) is 7.13. The summed E-state index contributed by atoms with van der Waals surface area (Å²) in [5.41, 5.74) is 1.74. The number of amides is 1. The van der Waals surface area contributed by atoms with Crippen molar-refractivity contribution in [1.82, 2.24) is 4.98 Å². The molecule has 0 aliphatic carbocycles. The molecule has 1 amide bonds. The first kappa shape index (κ1) is 19.1. The topological polar surface area (TPSA) is 77.5 Å². The number of nitrogens with one attached hydrogen (secondary N) is 1. The van der Waals surface area contributed by atoms with Gasteiger partial charge in [-0.1, -0.05) is 52.3 Å². The Morgan fingerprint density at radius 3 is 2.67 bits per heavy atom. The number of halogens is 1. The van der Waals surface area contributed by atoms with Crippen molar-refractivity contribution in [3.8, 4) is 17.0 Å². The van der Waals surface area contributed by atoms with E-state index in [1.54, 1.807) is 18.2 Å². The lowest BCUT2D eigenvalue weighted by atomic mass is 10.2. The number of carbonyl (C=O) groups excluding carboxylic acids is 2. The number of anilines is 1. The minimum absolute atomic E-state index is 0.279. The molecule has 0 radical (unpaired) electrons. The lowest BCUT2D eigenvalue weighted by Gasteiger charge is -2.07. The third kappa shape index (κ3) is 5.90. The Morgan fingerprint density at radius 2 is 1.89 bits per heavy atom. The van der Waals surface area contributed by atoms with E-state index < -0.39 is 18.5 Å². The molecule has 1 heterocycles. The molecule has 0 spiro atoms. The second-order valence-electron chi connectivity index (χ2n) is 5.36. The monoisotopic (exact) mass is 446 g/mol. The first-order valence-electron chi connectivity index (χ1n) is 7.95. The maximum atomic E-state index is 11.9. The Hall–Kier alpha value is -2.71. The van der Waals surface area contributed by atoms with Gasteiger partial charge in [0, 0.05) is 15.4 Å².